The van der Waals surface area contributed by atoms with E-state index in [1.165, 1.54) is 30.2 Å². The fourth-order valence-electron chi connectivity index (χ4n) is 3.52. The molecule has 0 atom stereocenters. The molecule has 2 N–H and O–H groups in total. The Morgan fingerprint density at radius 3 is 2.58 bits per heavy atom. The van der Waals surface area contributed by atoms with Gasteiger partial charge in [0.25, 0.3) is 11.8 Å². The fraction of sp³-hybridized carbons (Fsp3) is 0.0769. The first-order valence-corrected chi connectivity index (χ1v) is 11.8. The zero-order valence-corrected chi connectivity index (χ0v) is 21.3. The molecule has 0 aromatic heterocycles. The van der Waals surface area contributed by atoms with Gasteiger partial charge in [0.1, 0.15) is 12.2 Å². The van der Waals surface area contributed by atoms with Gasteiger partial charge in [0.2, 0.25) is 0 Å². The van der Waals surface area contributed by atoms with Gasteiger partial charge in [0.15, 0.2) is 16.6 Å². The third-order valence-corrected chi connectivity index (χ3v) is 6.01. The van der Waals surface area contributed by atoms with Gasteiger partial charge < -0.3 is 14.6 Å². The Bertz CT molecular complexity index is 1420. The summed E-state index contributed by atoms with van der Waals surface area (Å²) in [6, 6.07) is 18.4. The number of nitrogens with one attached hydrogen (secondary N) is 1. The van der Waals surface area contributed by atoms with Gasteiger partial charge in [-0.2, -0.15) is 0 Å². The minimum Gasteiger partial charge on any atom is -0.493 e. The quantitative estimate of drug-likeness (QED) is 0.245. The van der Waals surface area contributed by atoms with E-state index in [2.05, 4.69) is 21.2 Å². The molecule has 0 saturated carbocycles. The molecule has 1 fully saturated rings. The van der Waals surface area contributed by atoms with E-state index in [4.69, 9.17) is 26.8 Å². The molecule has 2 amide bonds. The smallest absolute Gasteiger partial charge is 0.335 e. The van der Waals surface area contributed by atoms with E-state index in [1.54, 1.807) is 48.5 Å². The van der Waals surface area contributed by atoms with E-state index >= 15 is 0 Å². The summed E-state index contributed by atoms with van der Waals surface area (Å²) in [5.74, 6) is -1.39. The number of carbonyl (C=O) groups excluding carboxylic acids is 2. The molecule has 1 aliphatic rings. The highest BCUT2D eigenvalue weighted by atomic mass is 79.9. The number of carbonyl (C=O) groups is 3. The lowest BCUT2D eigenvalue weighted by atomic mass is 10.1. The van der Waals surface area contributed by atoms with Crippen molar-refractivity contribution in [2.75, 3.05) is 12.0 Å². The Labute approximate surface area is 220 Å². The SMILES string of the molecule is COc1cc(/C=C2\C(=O)NC(=S)N(c3cccc(Br)c3)C2=O)ccc1OCc1cccc(C(=O)O)c1. The number of hydrogen-bond acceptors (Lipinski definition) is 6. The molecule has 0 aliphatic carbocycles. The lowest BCUT2D eigenvalue weighted by Crippen LogP contribution is -2.54. The van der Waals surface area contributed by atoms with E-state index in [0.29, 0.717) is 28.3 Å². The summed E-state index contributed by atoms with van der Waals surface area (Å²) < 4.78 is 12.0. The predicted molar refractivity (Wildman–Crippen MR) is 141 cm³/mol. The van der Waals surface area contributed by atoms with Crippen LogP contribution in [0.5, 0.6) is 11.5 Å². The molecule has 0 bridgehead atoms. The van der Waals surface area contributed by atoms with Crippen LogP contribution in [0.4, 0.5) is 5.69 Å². The Morgan fingerprint density at radius 2 is 1.86 bits per heavy atom. The molecular weight excluding hydrogens is 548 g/mol. The minimum atomic E-state index is -1.02. The van der Waals surface area contributed by atoms with Crippen LogP contribution in [0.15, 0.2) is 76.8 Å². The maximum Gasteiger partial charge on any atom is 0.335 e. The number of thiocarbonyl (C=S) groups is 1. The molecule has 182 valence electrons. The van der Waals surface area contributed by atoms with Crippen LogP contribution >= 0.6 is 28.1 Å². The van der Waals surface area contributed by atoms with E-state index in [9.17, 15) is 14.4 Å². The summed E-state index contributed by atoms with van der Waals surface area (Å²) in [5.41, 5.74) is 1.80. The molecule has 4 rings (SSSR count). The van der Waals surface area contributed by atoms with Crippen LogP contribution in [-0.4, -0.2) is 35.1 Å². The number of anilines is 1. The van der Waals surface area contributed by atoms with Crippen molar-refractivity contribution in [2.45, 2.75) is 6.61 Å². The van der Waals surface area contributed by atoms with Crippen molar-refractivity contribution in [1.29, 1.82) is 0 Å². The maximum absolute atomic E-state index is 13.2. The topological polar surface area (TPSA) is 105 Å². The van der Waals surface area contributed by atoms with Crippen LogP contribution in [-0.2, 0) is 16.2 Å². The van der Waals surface area contributed by atoms with Crippen molar-refractivity contribution in [3.05, 3.63) is 93.5 Å². The van der Waals surface area contributed by atoms with Gasteiger partial charge in [-0.3, -0.25) is 19.8 Å². The third kappa shape index (κ3) is 5.45. The highest BCUT2D eigenvalue weighted by Gasteiger charge is 2.34. The average Bonchev–Trinajstić information content (AvgIpc) is 2.85. The molecule has 3 aromatic carbocycles. The van der Waals surface area contributed by atoms with E-state index in [1.807, 2.05) is 6.07 Å². The summed E-state index contributed by atoms with van der Waals surface area (Å²) >= 11 is 8.61. The van der Waals surface area contributed by atoms with E-state index in [-0.39, 0.29) is 22.9 Å². The van der Waals surface area contributed by atoms with Gasteiger partial charge >= 0.3 is 5.97 Å². The largest absolute Gasteiger partial charge is 0.493 e. The number of carboxylic acids is 1. The standard InChI is InChI=1S/C26H19BrN2O6S/c1-34-22-12-15(8-9-21(22)35-14-16-4-2-5-17(10-16)25(32)33)11-20-23(30)28-26(36)29(24(20)31)19-7-3-6-18(27)13-19/h2-13H,14H2,1H3,(H,32,33)(H,28,30,36)/b20-11+. The lowest BCUT2D eigenvalue weighted by molar-refractivity contribution is -0.122. The minimum absolute atomic E-state index is 0.00598. The van der Waals surface area contributed by atoms with Crippen molar-refractivity contribution in [1.82, 2.24) is 5.32 Å². The normalized spacial score (nSPS) is 14.6. The first kappa shape index (κ1) is 25.1. The molecule has 1 saturated heterocycles. The van der Waals surface area contributed by atoms with Crippen LogP contribution in [0.1, 0.15) is 21.5 Å². The number of benzene rings is 3. The van der Waals surface area contributed by atoms with Gasteiger partial charge in [-0.05, 0) is 71.9 Å². The van der Waals surface area contributed by atoms with Gasteiger partial charge in [-0.1, -0.05) is 40.2 Å². The second-order valence-corrected chi connectivity index (χ2v) is 8.94. The molecule has 36 heavy (non-hydrogen) atoms. The van der Waals surface area contributed by atoms with Crippen LogP contribution in [0.2, 0.25) is 0 Å². The molecule has 8 nitrogen and oxygen atoms in total. The molecule has 0 spiro atoms. The van der Waals surface area contributed by atoms with Crippen LogP contribution in [0, 0.1) is 0 Å². The summed E-state index contributed by atoms with van der Waals surface area (Å²) in [7, 11) is 1.47. The number of amides is 2. The highest BCUT2D eigenvalue weighted by molar-refractivity contribution is 9.10. The van der Waals surface area contributed by atoms with E-state index < -0.39 is 17.8 Å². The van der Waals surface area contributed by atoms with Crippen molar-refractivity contribution in [3.8, 4) is 11.5 Å². The Hall–Kier alpha value is -4.02. The number of ether oxygens (including phenoxy) is 2. The van der Waals surface area contributed by atoms with Crippen molar-refractivity contribution < 1.29 is 29.0 Å². The van der Waals surface area contributed by atoms with Gasteiger partial charge in [0.05, 0.1) is 18.4 Å². The predicted octanol–water partition coefficient (Wildman–Crippen LogP) is 4.57. The van der Waals surface area contributed by atoms with Crippen molar-refractivity contribution in [3.63, 3.8) is 0 Å². The van der Waals surface area contributed by atoms with Gasteiger partial charge in [0, 0.05) is 4.47 Å². The third-order valence-electron chi connectivity index (χ3n) is 5.24. The molecule has 1 heterocycles. The number of aromatic carboxylic acids is 1. The van der Waals surface area contributed by atoms with Gasteiger partial charge in [-0.15, -0.1) is 0 Å². The number of carboxylic acid groups (broad SMARTS) is 1. The molecule has 0 unspecified atom stereocenters. The number of methoxy groups -OCH3 is 1. The Morgan fingerprint density at radius 1 is 1.08 bits per heavy atom. The van der Waals surface area contributed by atoms with Crippen LogP contribution in [0.25, 0.3) is 6.08 Å². The molecule has 3 aromatic rings. The van der Waals surface area contributed by atoms with Crippen LogP contribution in [0.3, 0.4) is 0 Å². The second-order valence-electron chi connectivity index (χ2n) is 7.64. The van der Waals surface area contributed by atoms with Crippen molar-refractivity contribution in [2.24, 2.45) is 0 Å². The van der Waals surface area contributed by atoms with E-state index in [0.717, 1.165) is 4.47 Å². The summed E-state index contributed by atoms with van der Waals surface area (Å²) in [4.78, 5) is 38.2. The maximum atomic E-state index is 13.2. The van der Waals surface area contributed by atoms with Crippen LogP contribution < -0.4 is 19.7 Å². The number of nitrogens with zero attached hydrogens (tertiary/aromatic N) is 1. The Balaban J connectivity index is 1.58. The zero-order valence-electron chi connectivity index (χ0n) is 18.9. The lowest BCUT2D eigenvalue weighted by Gasteiger charge is -2.29. The average molecular weight is 567 g/mol. The molecule has 0 radical (unpaired) electrons. The second kappa shape index (κ2) is 10.7. The molecular formula is C26H19BrN2O6S. The highest BCUT2D eigenvalue weighted by Crippen LogP contribution is 2.31. The number of rotatable bonds is 7. The first-order chi connectivity index (χ1) is 17.3. The first-order valence-electron chi connectivity index (χ1n) is 10.6. The fourth-order valence-corrected chi connectivity index (χ4v) is 4.19. The summed E-state index contributed by atoms with van der Waals surface area (Å²) in [6.45, 7) is 0.123. The van der Waals surface area contributed by atoms with Crippen molar-refractivity contribution >= 4 is 62.8 Å². The zero-order chi connectivity index (χ0) is 25.8. The number of halogens is 1. The molecule has 10 heteroatoms. The Kier molecular flexibility index (Phi) is 7.47. The molecule has 1 aliphatic heterocycles. The summed E-state index contributed by atoms with van der Waals surface area (Å²) in [5, 5.41) is 11.7. The number of hydrogen-bond donors (Lipinski definition) is 2. The summed E-state index contributed by atoms with van der Waals surface area (Å²) in [6.07, 6.45) is 1.45. The van der Waals surface area contributed by atoms with Gasteiger partial charge in [-0.25, -0.2) is 4.79 Å². The monoisotopic (exact) mass is 566 g/mol.